The third-order valence-corrected chi connectivity index (χ3v) is 5.05. The molecule has 0 unspecified atom stereocenters. The number of aromatic amines is 1. The SMILES string of the molecule is O=C(Cc1c[nH]c2ccccc12)NCCS(=O)(=O)Nc1ccccc1. The van der Waals surface area contributed by atoms with Crippen LogP contribution < -0.4 is 10.0 Å². The minimum absolute atomic E-state index is 0.0589. The number of carbonyl (C=O) groups is 1. The molecule has 25 heavy (non-hydrogen) atoms. The van der Waals surface area contributed by atoms with Crippen molar-refractivity contribution in [2.45, 2.75) is 6.42 Å². The quantitative estimate of drug-likeness (QED) is 0.606. The first-order valence-corrected chi connectivity index (χ1v) is 9.56. The largest absolute Gasteiger partial charge is 0.361 e. The molecule has 2 aromatic carbocycles. The Kier molecular flexibility index (Phi) is 5.04. The molecule has 0 bridgehead atoms. The number of nitrogens with one attached hydrogen (secondary N) is 3. The fraction of sp³-hybridized carbons (Fsp3) is 0.167. The van der Waals surface area contributed by atoms with Gasteiger partial charge >= 0.3 is 0 Å². The van der Waals surface area contributed by atoms with Gasteiger partial charge in [0.1, 0.15) is 0 Å². The van der Waals surface area contributed by atoms with Crippen LogP contribution in [0.2, 0.25) is 0 Å². The molecular formula is C18H19N3O3S. The standard InChI is InChI=1S/C18H19N3O3S/c22-18(12-14-13-20-17-9-5-4-8-16(14)17)19-10-11-25(23,24)21-15-6-2-1-3-7-15/h1-9,13,20-21H,10-12H2,(H,19,22). The molecule has 0 fully saturated rings. The zero-order valence-electron chi connectivity index (χ0n) is 13.5. The number of anilines is 1. The van der Waals surface area contributed by atoms with Crippen molar-refractivity contribution in [3.05, 3.63) is 66.4 Å². The van der Waals surface area contributed by atoms with Crippen LogP contribution >= 0.6 is 0 Å². The van der Waals surface area contributed by atoms with E-state index in [2.05, 4.69) is 15.0 Å². The van der Waals surface area contributed by atoms with E-state index < -0.39 is 10.0 Å². The number of hydrogen-bond acceptors (Lipinski definition) is 3. The molecule has 3 rings (SSSR count). The summed E-state index contributed by atoms with van der Waals surface area (Å²) in [6.07, 6.45) is 2.01. The summed E-state index contributed by atoms with van der Waals surface area (Å²) in [5, 5.41) is 3.65. The van der Waals surface area contributed by atoms with E-state index in [-0.39, 0.29) is 24.6 Å². The number of amides is 1. The lowest BCUT2D eigenvalue weighted by Gasteiger charge is -2.08. The number of hydrogen-bond donors (Lipinski definition) is 3. The van der Waals surface area contributed by atoms with Crippen molar-refractivity contribution in [2.75, 3.05) is 17.0 Å². The second-order valence-corrected chi connectivity index (χ2v) is 7.52. The van der Waals surface area contributed by atoms with Crippen LogP contribution in [0.15, 0.2) is 60.8 Å². The second kappa shape index (κ2) is 7.40. The third kappa shape index (κ3) is 4.60. The van der Waals surface area contributed by atoms with Gasteiger partial charge in [-0.2, -0.15) is 0 Å². The topological polar surface area (TPSA) is 91.1 Å². The Hall–Kier alpha value is -2.80. The van der Waals surface area contributed by atoms with Crippen LogP contribution in [0.4, 0.5) is 5.69 Å². The van der Waals surface area contributed by atoms with Gasteiger partial charge in [-0.15, -0.1) is 0 Å². The number of para-hydroxylation sites is 2. The van der Waals surface area contributed by atoms with E-state index >= 15 is 0 Å². The average Bonchev–Trinajstić information content (AvgIpc) is 2.98. The highest BCUT2D eigenvalue weighted by Crippen LogP contribution is 2.17. The summed E-state index contributed by atoms with van der Waals surface area (Å²) in [6, 6.07) is 16.4. The van der Waals surface area contributed by atoms with Gasteiger partial charge in [-0.1, -0.05) is 36.4 Å². The minimum atomic E-state index is -3.50. The van der Waals surface area contributed by atoms with Gasteiger partial charge < -0.3 is 10.3 Å². The Morgan fingerprint density at radius 2 is 1.72 bits per heavy atom. The molecule has 1 heterocycles. The van der Waals surface area contributed by atoms with E-state index in [0.717, 1.165) is 16.5 Å². The van der Waals surface area contributed by atoms with E-state index in [1.807, 2.05) is 30.3 Å². The summed E-state index contributed by atoms with van der Waals surface area (Å²) in [5.41, 5.74) is 2.37. The van der Waals surface area contributed by atoms with Gasteiger partial charge in [-0.05, 0) is 23.8 Å². The molecule has 3 N–H and O–H groups in total. The summed E-state index contributed by atoms with van der Waals surface area (Å²) in [4.78, 5) is 15.2. The Morgan fingerprint density at radius 1 is 1.00 bits per heavy atom. The normalized spacial score (nSPS) is 11.4. The molecule has 0 saturated carbocycles. The van der Waals surface area contributed by atoms with Crippen LogP contribution in [-0.4, -0.2) is 31.6 Å². The number of rotatable bonds is 7. The van der Waals surface area contributed by atoms with Gasteiger partial charge in [0.2, 0.25) is 15.9 Å². The molecule has 130 valence electrons. The Labute approximate surface area is 146 Å². The van der Waals surface area contributed by atoms with Gasteiger partial charge in [0, 0.05) is 29.3 Å². The predicted octanol–water partition coefficient (Wildman–Crippen LogP) is 2.27. The van der Waals surface area contributed by atoms with Crippen LogP contribution in [-0.2, 0) is 21.2 Å². The third-order valence-electron chi connectivity index (χ3n) is 3.77. The number of carbonyl (C=O) groups excluding carboxylic acids is 1. The molecule has 6 nitrogen and oxygen atoms in total. The van der Waals surface area contributed by atoms with Crippen molar-refractivity contribution in [1.29, 1.82) is 0 Å². The lowest BCUT2D eigenvalue weighted by Crippen LogP contribution is -2.32. The number of fused-ring (bicyclic) bond motifs is 1. The summed E-state index contributed by atoms with van der Waals surface area (Å²) in [5.74, 6) is -0.388. The number of benzene rings is 2. The maximum absolute atomic E-state index is 12.1. The molecular weight excluding hydrogens is 338 g/mol. The van der Waals surface area contributed by atoms with Gasteiger partial charge in [-0.25, -0.2) is 8.42 Å². The Bertz CT molecular complexity index is 965. The first-order chi connectivity index (χ1) is 12.0. The monoisotopic (exact) mass is 357 g/mol. The van der Waals surface area contributed by atoms with E-state index in [0.29, 0.717) is 5.69 Å². The van der Waals surface area contributed by atoms with Crippen LogP contribution in [0.25, 0.3) is 10.9 Å². The first-order valence-electron chi connectivity index (χ1n) is 7.91. The van der Waals surface area contributed by atoms with E-state index in [9.17, 15) is 13.2 Å². The molecule has 0 saturated heterocycles. The number of sulfonamides is 1. The second-order valence-electron chi connectivity index (χ2n) is 5.67. The summed E-state index contributed by atoms with van der Waals surface area (Å²) in [6.45, 7) is 0.0589. The van der Waals surface area contributed by atoms with E-state index in [1.54, 1.807) is 30.5 Å². The Morgan fingerprint density at radius 3 is 2.52 bits per heavy atom. The molecule has 0 spiro atoms. The fourth-order valence-corrected chi connectivity index (χ4v) is 3.54. The van der Waals surface area contributed by atoms with Crippen LogP contribution in [0.1, 0.15) is 5.56 Å². The zero-order valence-corrected chi connectivity index (χ0v) is 14.3. The van der Waals surface area contributed by atoms with Crippen LogP contribution in [0, 0.1) is 0 Å². The van der Waals surface area contributed by atoms with Crippen molar-refractivity contribution >= 4 is 32.5 Å². The maximum Gasteiger partial charge on any atom is 0.234 e. The number of H-pyrrole nitrogens is 1. The van der Waals surface area contributed by atoms with Crippen LogP contribution in [0.5, 0.6) is 0 Å². The van der Waals surface area contributed by atoms with Crippen LogP contribution in [0.3, 0.4) is 0 Å². The molecule has 7 heteroatoms. The van der Waals surface area contributed by atoms with Crippen molar-refractivity contribution in [2.24, 2.45) is 0 Å². The average molecular weight is 357 g/mol. The van der Waals surface area contributed by atoms with E-state index in [1.165, 1.54) is 0 Å². The highest BCUT2D eigenvalue weighted by atomic mass is 32.2. The summed E-state index contributed by atoms with van der Waals surface area (Å²) in [7, 11) is -3.50. The predicted molar refractivity (Wildman–Crippen MR) is 98.9 cm³/mol. The molecule has 0 aliphatic heterocycles. The highest BCUT2D eigenvalue weighted by Gasteiger charge is 2.12. The molecule has 0 aliphatic rings. The molecule has 3 aromatic rings. The van der Waals surface area contributed by atoms with Crippen molar-refractivity contribution in [3.8, 4) is 0 Å². The van der Waals surface area contributed by atoms with Crippen molar-refractivity contribution in [3.63, 3.8) is 0 Å². The lowest BCUT2D eigenvalue weighted by molar-refractivity contribution is -0.120. The molecule has 1 amide bonds. The molecule has 0 radical (unpaired) electrons. The van der Waals surface area contributed by atoms with Gasteiger partial charge in [0.25, 0.3) is 0 Å². The van der Waals surface area contributed by atoms with E-state index in [4.69, 9.17) is 0 Å². The first kappa shape index (κ1) is 17.0. The summed E-state index contributed by atoms with van der Waals surface area (Å²) < 4.78 is 26.5. The highest BCUT2D eigenvalue weighted by molar-refractivity contribution is 7.92. The molecule has 0 atom stereocenters. The van der Waals surface area contributed by atoms with Crippen molar-refractivity contribution in [1.82, 2.24) is 10.3 Å². The van der Waals surface area contributed by atoms with Gasteiger partial charge in [0.05, 0.1) is 12.2 Å². The number of aromatic nitrogens is 1. The minimum Gasteiger partial charge on any atom is -0.361 e. The Balaban J connectivity index is 1.51. The van der Waals surface area contributed by atoms with Crippen molar-refractivity contribution < 1.29 is 13.2 Å². The fourth-order valence-electron chi connectivity index (χ4n) is 2.57. The summed E-state index contributed by atoms with van der Waals surface area (Å²) >= 11 is 0. The van der Waals surface area contributed by atoms with Gasteiger partial charge in [0.15, 0.2) is 0 Å². The molecule has 0 aliphatic carbocycles. The lowest BCUT2D eigenvalue weighted by atomic mass is 10.1. The maximum atomic E-state index is 12.1. The molecule has 1 aromatic heterocycles. The van der Waals surface area contributed by atoms with Gasteiger partial charge in [-0.3, -0.25) is 9.52 Å². The smallest absolute Gasteiger partial charge is 0.234 e. The zero-order chi connectivity index (χ0) is 17.7.